The molecule has 0 radical (unpaired) electrons. The molecule has 1 unspecified atom stereocenters. The Morgan fingerprint density at radius 2 is 1.64 bits per heavy atom. The second kappa shape index (κ2) is 6.32. The second-order valence-electron chi connectivity index (χ2n) is 5.30. The average Bonchev–Trinajstić information content (AvgIpc) is 3.04. The van der Waals surface area contributed by atoms with E-state index >= 15 is 0 Å². The van der Waals surface area contributed by atoms with Crippen LogP contribution in [0.3, 0.4) is 0 Å². The van der Waals surface area contributed by atoms with E-state index in [1.807, 2.05) is 12.1 Å². The Hall–Kier alpha value is -1.49. The minimum Gasteiger partial charge on any atom is -0.387 e. The van der Waals surface area contributed by atoms with Crippen LogP contribution in [-0.2, 0) is 12.8 Å². The van der Waals surface area contributed by atoms with Gasteiger partial charge in [-0.25, -0.2) is 9.97 Å². The van der Waals surface area contributed by atoms with E-state index in [1.54, 1.807) is 12.1 Å². The average molecular weight is 337 g/mol. The van der Waals surface area contributed by atoms with Crippen molar-refractivity contribution in [2.45, 2.75) is 31.8 Å². The number of halogens is 2. The molecule has 0 saturated carbocycles. The lowest BCUT2D eigenvalue weighted by Gasteiger charge is -2.01. The molecule has 0 fully saturated rings. The first-order valence-electron chi connectivity index (χ1n) is 7.06. The van der Waals surface area contributed by atoms with Crippen molar-refractivity contribution >= 4 is 29.0 Å². The zero-order valence-corrected chi connectivity index (χ0v) is 13.2. The van der Waals surface area contributed by atoms with E-state index in [9.17, 15) is 9.90 Å². The number of aryl methyl sites for hydroxylation is 2. The largest absolute Gasteiger partial charge is 0.387 e. The third kappa shape index (κ3) is 3.14. The second-order valence-corrected chi connectivity index (χ2v) is 6.07. The van der Waals surface area contributed by atoms with Crippen molar-refractivity contribution in [1.82, 2.24) is 9.97 Å². The van der Waals surface area contributed by atoms with E-state index < -0.39 is 6.10 Å². The molecule has 2 aromatic rings. The van der Waals surface area contributed by atoms with Crippen LogP contribution in [0.2, 0.25) is 10.3 Å². The van der Waals surface area contributed by atoms with E-state index in [0.29, 0.717) is 22.4 Å². The number of pyridine rings is 2. The first-order chi connectivity index (χ1) is 10.5. The quantitative estimate of drug-likeness (QED) is 0.747. The molecule has 114 valence electrons. The molecule has 0 aromatic carbocycles. The minimum atomic E-state index is -0.399. The highest BCUT2D eigenvalue weighted by Crippen LogP contribution is 2.29. The molecule has 1 N–H and O–H groups in total. The number of nitrogens with zero attached hydrogens (tertiary/aromatic N) is 2. The molecule has 6 heteroatoms. The number of fused-ring (bicyclic) bond motifs is 2. The number of carbonyl (C=O) groups excluding carboxylic acids is 1. The molecular formula is C16H14Cl2N2O2. The fourth-order valence-corrected chi connectivity index (χ4v) is 2.98. The van der Waals surface area contributed by atoms with Crippen LogP contribution >= 0.6 is 23.2 Å². The summed E-state index contributed by atoms with van der Waals surface area (Å²) in [5.74, 6) is 0.113. The molecule has 0 saturated heterocycles. The summed E-state index contributed by atoms with van der Waals surface area (Å²) in [6.07, 6.45) is 2.70. The van der Waals surface area contributed by atoms with Gasteiger partial charge in [0.25, 0.3) is 0 Å². The number of Topliss-reactive ketones (excluding diaryl/α,β-unsaturated/α-hetero) is 1. The van der Waals surface area contributed by atoms with Crippen LogP contribution in [0.4, 0.5) is 0 Å². The molecule has 1 atom stereocenters. The minimum absolute atomic E-state index is 0.113. The van der Waals surface area contributed by atoms with Gasteiger partial charge < -0.3 is 5.11 Å². The predicted molar refractivity (Wildman–Crippen MR) is 84.4 cm³/mol. The van der Waals surface area contributed by atoms with Gasteiger partial charge in [-0.2, -0.15) is 0 Å². The van der Waals surface area contributed by atoms with Crippen molar-refractivity contribution in [3.05, 3.63) is 57.1 Å². The SMILES string of the molecule is O=C1CCc2ccc(Cl)nc21.OC1CCc2ccc(Cl)nc21. The van der Waals surface area contributed by atoms with E-state index in [0.717, 1.165) is 36.1 Å². The molecule has 4 nitrogen and oxygen atoms in total. The van der Waals surface area contributed by atoms with Gasteiger partial charge in [-0.05, 0) is 42.5 Å². The molecule has 0 aliphatic heterocycles. The number of aliphatic hydroxyl groups excluding tert-OH is 1. The third-order valence-electron chi connectivity index (χ3n) is 3.81. The summed E-state index contributed by atoms with van der Waals surface area (Å²) in [4.78, 5) is 19.1. The van der Waals surface area contributed by atoms with Crippen LogP contribution in [0.5, 0.6) is 0 Å². The maximum absolute atomic E-state index is 11.1. The molecule has 0 amide bonds. The van der Waals surface area contributed by atoms with Crippen molar-refractivity contribution in [2.24, 2.45) is 0 Å². The van der Waals surface area contributed by atoms with Gasteiger partial charge >= 0.3 is 0 Å². The lowest BCUT2D eigenvalue weighted by atomic mass is 10.2. The van der Waals surface area contributed by atoms with Crippen molar-refractivity contribution in [2.75, 3.05) is 0 Å². The monoisotopic (exact) mass is 336 g/mol. The maximum atomic E-state index is 11.1. The van der Waals surface area contributed by atoms with Crippen molar-refractivity contribution in [3.63, 3.8) is 0 Å². The van der Waals surface area contributed by atoms with Crippen LogP contribution in [-0.4, -0.2) is 20.9 Å². The highest BCUT2D eigenvalue weighted by molar-refractivity contribution is 6.29. The zero-order chi connectivity index (χ0) is 15.7. The lowest BCUT2D eigenvalue weighted by molar-refractivity contribution is 0.0990. The van der Waals surface area contributed by atoms with Crippen molar-refractivity contribution in [3.8, 4) is 0 Å². The van der Waals surface area contributed by atoms with Crippen LogP contribution in [0.1, 0.15) is 46.3 Å². The highest BCUT2D eigenvalue weighted by atomic mass is 35.5. The van der Waals surface area contributed by atoms with Crippen LogP contribution in [0, 0.1) is 0 Å². The molecule has 2 heterocycles. The Balaban J connectivity index is 0.000000131. The molecule has 2 aliphatic rings. The van der Waals surface area contributed by atoms with Crippen molar-refractivity contribution in [1.29, 1.82) is 0 Å². The fourth-order valence-electron chi connectivity index (χ4n) is 2.68. The summed E-state index contributed by atoms with van der Waals surface area (Å²) in [7, 11) is 0. The van der Waals surface area contributed by atoms with Gasteiger partial charge in [-0.3, -0.25) is 4.79 Å². The Kier molecular flexibility index (Phi) is 4.43. The number of aromatic nitrogens is 2. The van der Waals surface area contributed by atoms with E-state index in [1.165, 1.54) is 0 Å². The summed E-state index contributed by atoms with van der Waals surface area (Å²) in [5.41, 5.74) is 3.48. The van der Waals surface area contributed by atoms with Gasteiger partial charge in [-0.1, -0.05) is 35.3 Å². The Labute approximate surface area is 138 Å². The number of rotatable bonds is 0. The molecule has 0 bridgehead atoms. The molecule has 22 heavy (non-hydrogen) atoms. The van der Waals surface area contributed by atoms with Crippen LogP contribution < -0.4 is 0 Å². The summed E-state index contributed by atoms with van der Waals surface area (Å²) in [5, 5.41) is 10.2. The number of carbonyl (C=O) groups is 1. The van der Waals surface area contributed by atoms with Gasteiger partial charge in [0, 0.05) is 6.42 Å². The van der Waals surface area contributed by atoms with Crippen LogP contribution in [0.25, 0.3) is 0 Å². The zero-order valence-electron chi connectivity index (χ0n) is 11.7. The smallest absolute Gasteiger partial charge is 0.181 e. The molecule has 2 aliphatic carbocycles. The van der Waals surface area contributed by atoms with Crippen molar-refractivity contribution < 1.29 is 9.90 Å². The molecule has 0 spiro atoms. The molecule has 4 rings (SSSR count). The number of ketones is 1. The lowest BCUT2D eigenvalue weighted by Crippen LogP contribution is -1.95. The number of aliphatic hydroxyl groups is 1. The number of hydrogen-bond donors (Lipinski definition) is 1. The van der Waals surface area contributed by atoms with Gasteiger partial charge in [0.05, 0.1) is 11.8 Å². The molecule has 2 aromatic heterocycles. The molecular weight excluding hydrogens is 323 g/mol. The first-order valence-corrected chi connectivity index (χ1v) is 7.82. The van der Waals surface area contributed by atoms with Gasteiger partial charge in [0.1, 0.15) is 16.0 Å². The normalized spacial score (nSPS) is 18.5. The Bertz CT molecular complexity index is 734. The summed E-state index contributed by atoms with van der Waals surface area (Å²) in [6.45, 7) is 0. The van der Waals surface area contributed by atoms with Gasteiger partial charge in [0.15, 0.2) is 5.78 Å². The summed E-state index contributed by atoms with van der Waals surface area (Å²) >= 11 is 11.3. The van der Waals surface area contributed by atoms with E-state index in [4.69, 9.17) is 23.2 Å². The standard InChI is InChI=1S/C8H8ClNO.C8H6ClNO/c2*9-7-4-2-5-1-3-6(11)8(5)10-7/h2,4,6,11H,1,3H2;2,4H,1,3H2. The topological polar surface area (TPSA) is 63.1 Å². The van der Waals surface area contributed by atoms with Gasteiger partial charge in [-0.15, -0.1) is 0 Å². The Morgan fingerprint density at radius 3 is 2.41 bits per heavy atom. The third-order valence-corrected chi connectivity index (χ3v) is 4.23. The summed E-state index contributed by atoms with van der Waals surface area (Å²) < 4.78 is 0. The number of hydrogen-bond acceptors (Lipinski definition) is 4. The maximum Gasteiger partial charge on any atom is 0.181 e. The predicted octanol–water partition coefficient (Wildman–Crippen LogP) is 3.58. The van der Waals surface area contributed by atoms with E-state index in [-0.39, 0.29) is 5.78 Å². The highest BCUT2D eigenvalue weighted by Gasteiger charge is 2.21. The first kappa shape index (κ1) is 15.4. The fraction of sp³-hybridized carbons (Fsp3) is 0.312. The summed E-state index contributed by atoms with van der Waals surface area (Å²) in [6, 6.07) is 7.29. The van der Waals surface area contributed by atoms with Crippen LogP contribution in [0.15, 0.2) is 24.3 Å². The van der Waals surface area contributed by atoms with E-state index in [2.05, 4.69) is 9.97 Å². The Morgan fingerprint density at radius 1 is 0.955 bits per heavy atom. The van der Waals surface area contributed by atoms with Gasteiger partial charge in [0.2, 0.25) is 0 Å².